The number of rotatable bonds is 5. The molecule has 0 spiro atoms. The fourth-order valence-corrected chi connectivity index (χ4v) is 3.82. The monoisotopic (exact) mass is 326 g/mol. The van der Waals surface area contributed by atoms with E-state index >= 15 is 0 Å². The molecule has 0 bridgehead atoms. The number of likely N-dealkylation sites (N-methyl/N-ethyl adjacent to an activating group) is 1. The highest BCUT2D eigenvalue weighted by Gasteiger charge is 2.35. The van der Waals surface area contributed by atoms with Crippen molar-refractivity contribution in [3.05, 3.63) is 30.1 Å². The van der Waals surface area contributed by atoms with Gasteiger partial charge in [0.1, 0.15) is 5.82 Å². The smallest absolute Gasteiger partial charge is 0.244 e. The molecule has 1 aliphatic rings. The van der Waals surface area contributed by atoms with Gasteiger partial charge in [0.2, 0.25) is 5.91 Å². The number of piperidine rings is 1. The Kier molecular flexibility index (Phi) is 5.69. The maximum Gasteiger partial charge on any atom is 0.244 e. The molecule has 1 heterocycles. The highest BCUT2D eigenvalue weighted by atomic mass is 32.2. The molecular weight excluding hydrogens is 303 g/mol. The summed E-state index contributed by atoms with van der Waals surface area (Å²) in [5.74, 6) is 0.0782. The van der Waals surface area contributed by atoms with E-state index in [4.69, 9.17) is 0 Å². The van der Waals surface area contributed by atoms with E-state index in [0.29, 0.717) is 18.0 Å². The Morgan fingerprint density at radius 3 is 2.77 bits per heavy atom. The molecule has 22 heavy (non-hydrogen) atoms. The number of halogens is 1. The predicted molar refractivity (Wildman–Crippen MR) is 87.9 cm³/mol. The molecule has 122 valence electrons. The number of hydrogen-bond donors (Lipinski definition) is 0. The Hall–Kier alpha value is -1.27. The largest absolute Gasteiger partial charge is 0.308 e. The second-order valence-corrected chi connectivity index (χ2v) is 7.33. The molecule has 1 amide bonds. The van der Waals surface area contributed by atoms with Crippen LogP contribution in [0.2, 0.25) is 0 Å². The minimum atomic E-state index is -0.907. The van der Waals surface area contributed by atoms with Gasteiger partial charge in [-0.1, -0.05) is 12.1 Å². The number of nitrogens with zero attached hydrogens (tertiary/aromatic N) is 2. The van der Waals surface area contributed by atoms with Crippen LogP contribution in [0.1, 0.15) is 19.8 Å². The SMILES string of the molecule is C[C@H](C[S@@](C)=O)N(C)[C@@H]1CCCN(c2ccccc2F)C1=O. The van der Waals surface area contributed by atoms with Crippen molar-refractivity contribution in [2.24, 2.45) is 0 Å². The van der Waals surface area contributed by atoms with Crippen molar-refractivity contribution >= 4 is 22.4 Å². The number of amides is 1. The van der Waals surface area contributed by atoms with E-state index in [9.17, 15) is 13.4 Å². The Labute approximate surface area is 133 Å². The summed E-state index contributed by atoms with van der Waals surface area (Å²) in [6.07, 6.45) is 3.25. The zero-order chi connectivity index (χ0) is 16.3. The van der Waals surface area contributed by atoms with Gasteiger partial charge in [0, 0.05) is 35.4 Å². The minimum absolute atomic E-state index is 0.0420. The molecule has 0 aliphatic carbocycles. The van der Waals surface area contributed by atoms with Gasteiger partial charge in [-0.15, -0.1) is 0 Å². The molecule has 1 saturated heterocycles. The number of benzene rings is 1. The second kappa shape index (κ2) is 7.33. The lowest BCUT2D eigenvalue weighted by Crippen LogP contribution is -2.54. The fraction of sp³-hybridized carbons (Fsp3) is 0.562. The van der Waals surface area contributed by atoms with E-state index in [1.807, 2.05) is 18.9 Å². The van der Waals surface area contributed by atoms with E-state index in [1.165, 1.54) is 11.0 Å². The van der Waals surface area contributed by atoms with Crippen molar-refractivity contribution in [2.75, 3.05) is 30.5 Å². The van der Waals surface area contributed by atoms with Crippen LogP contribution < -0.4 is 4.90 Å². The van der Waals surface area contributed by atoms with Gasteiger partial charge in [0.15, 0.2) is 0 Å². The van der Waals surface area contributed by atoms with Crippen LogP contribution in [0.3, 0.4) is 0 Å². The first-order valence-electron chi connectivity index (χ1n) is 7.49. The standard InChI is InChI=1S/C16H23FN2O2S/c1-12(11-22(3)21)18(2)15-9-6-10-19(16(15)20)14-8-5-4-7-13(14)17/h4-5,7-8,12,15H,6,9-11H2,1-3H3/t12-,15-,22-/m1/s1. The molecule has 1 aromatic carbocycles. The Bertz CT molecular complexity index is 567. The van der Waals surface area contributed by atoms with Crippen molar-refractivity contribution in [3.63, 3.8) is 0 Å². The molecule has 1 aromatic rings. The van der Waals surface area contributed by atoms with Gasteiger partial charge in [-0.3, -0.25) is 13.9 Å². The summed E-state index contributed by atoms with van der Waals surface area (Å²) < 4.78 is 25.4. The summed E-state index contributed by atoms with van der Waals surface area (Å²) in [6, 6.07) is 6.13. The third kappa shape index (κ3) is 3.73. The molecule has 0 N–H and O–H groups in total. The molecule has 0 saturated carbocycles. The lowest BCUT2D eigenvalue weighted by molar-refractivity contribution is -0.125. The fourth-order valence-electron chi connectivity index (χ4n) is 2.91. The van der Waals surface area contributed by atoms with Gasteiger partial charge in [0.25, 0.3) is 0 Å². The molecule has 0 aromatic heterocycles. The quantitative estimate of drug-likeness (QED) is 0.831. The van der Waals surface area contributed by atoms with Gasteiger partial charge in [-0.25, -0.2) is 4.39 Å². The Morgan fingerprint density at radius 2 is 2.14 bits per heavy atom. The van der Waals surface area contributed by atoms with Crippen molar-refractivity contribution in [2.45, 2.75) is 31.8 Å². The second-order valence-electron chi connectivity index (χ2n) is 5.85. The first-order chi connectivity index (χ1) is 10.4. The zero-order valence-electron chi connectivity index (χ0n) is 13.3. The van der Waals surface area contributed by atoms with Crippen molar-refractivity contribution in [1.29, 1.82) is 0 Å². The summed E-state index contributed by atoms with van der Waals surface area (Å²) in [5, 5.41) is 0. The topological polar surface area (TPSA) is 40.6 Å². The molecule has 4 nitrogen and oxygen atoms in total. The van der Waals surface area contributed by atoms with E-state index in [2.05, 4.69) is 0 Å². The number of carbonyl (C=O) groups excluding carboxylic acids is 1. The first-order valence-corrected chi connectivity index (χ1v) is 9.22. The van der Waals surface area contributed by atoms with Gasteiger partial charge < -0.3 is 4.90 Å². The van der Waals surface area contributed by atoms with E-state index in [0.717, 1.165) is 12.8 Å². The molecule has 6 heteroatoms. The maximum atomic E-state index is 14.0. The number of carbonyl (C=O) groups is 1. The van der Waals surface area contributed by atoms with Crippen LogP contribution in [0.4, 0.5) is 10.1 Å². The van der Waals surface area contributed by atoms with E-state index in [1.54, 1.807) is 24.5 Å². The van der Waals surface area contributed by atoms with E-state index in [-0.39, 0.29) is 23.8 Å². The number of anilines is 1. The predicted octanol–water partition coefficient (Wildman–Crippen LogP) is 2.02. The lowest BCUT2D eigenvalue weighted by atomic mass is 10.0. The molecule has 3 atom stereocenters. The van der Waals surface area contributed by atoms with Gasteiger partial charge in [-0.2, -0.15) is 0 Å². The highest BCUT2D eigenvalue weighted by Crippen LogP contribution is 2.26. The zero-order valence-corrected chi connectivity index (χ0v) is 14.1. The van der Waals surface area contributed by atoms with Crippen molar-refractivity contribution < 1.29 is 13.4 Å². The van der Waals surface area contributed by atoms with Crippen LogP contribution in [-0.4, -0.2) is 52.7 Å². The maximum absolute atomic E-state index is 14.0. The number of hydrogen-bond acceptors (Lipinski definition) is 3. The van der Waals surface area contributed by atoms with Gasteiger partial charge in [0.05, 0.1) is 11.7 Å². The summed E-state index contributed by atoms with van der Waals surface area (Å²) in [5.41, 5.74) is 0.345. The Balaban J connectivity index is 2.16. The summed E-state index contributed by atoms with van der Waals surface area (Å²) in [4.78, 5) is 16.3. The van der Waals surface area contributed by atoms with Crippen LogP contribution in [0.5, 0.6) is 0 Å². The first kappa shape index (κ1) is 17.1. The van der Waals surface area contributed by atoms with Crippen LogP contribution in [-0.2, 0) is 15.6 Å². The van der Waals surface area contributed by atoms with Gasteiger partial charge >= 0.3 is 0 Å². The average molecular weight is 326 g/mol. The third-order valence-electron chi connectivity index (χ3n) is 4.22. The van der Waals surface area contributed by atoms with Crippen molar-refractivity contribution in [1.82, 2.24) is 4.90 Å². The lowest BCUT2D eigenvalue weighted by Gasteiger charge is -2.39. The molecule has 1 aliphatic heterocycles. The molecule has 0 unspecified atom stereocenters. The molecule has 2 rings (SSSR count). The third-order valence-corrected chi connectivity index (χ3v) is 5.17. The van der Waals surface area contributed by atoms with Crippen LogP contribution in [0, 0.1) is 5.82 Å². The molecule has 0 radical (unpaired) electrons. The highest BCUT2D eigenvalue weighted by molar-refractivity contribution is 7.84. The molecule has 1 fully saturated rings. The van der Waals surface area contributed by atoms with Crippen LogP contribution in [0.25, 0.3) is 0 Å². The van der Waals surface area contributed by atoms with Crippen LogP contribution >= 0.6 is 0 Å². The van der Waals surface area contributed by atoms with Crippen LogP contribution in [0.15, 0.2) is 24.3 Å². The average Bonchev–Trinajstić information content (AvgIpc) is 2.47. The summed E-state index contributed by atoms with van der Waals surface area (Å²) in [7, 11) is 0.973. The number of para-hydroxylation sites is 1. The normalized spacial score (nSPS) is 22.0. The summed E-state index contributed by atoms with van der Waals surface area (Å²) >= 11 is 0. The summed E-state index contributed by atoms with van der Waals surface area (Å²) in [6.45, 7) is 2.51. The minimum Gasteiger partial charge on any atom is -0.308 e. The van der Waals surface area contributed by atoms with E-state index < -0.39 is 10.8 Å². The Morgan fingerprint density at radius 1 is 1.45 bits per heavy atom. The van der Waals surface area contributed by atoms with Crippen molar-refractivity contribution in [3.8, 4) is 0 Å². The molecular formula is C16H23FN2O2S. The van der Waals surface area contributed by atoms with Gasteiger partial charge in [-0.05, 0) is 38.9 Å².